The molecular formula is C33H44N2O8. The maximum Gasteiger partial charge on any atom is 0.240 e. The molecule has 10 nitrogen and oxygen atoms in total. The van der Waals surface area contributed by atoms with Gasteiger partial charge in [-0.3, -0.25) is 14.4 Å². The number of para-hydroxylation sites is 1. The van der Waals surface area contributed by atoms with Crippen LogP contribution in [0.4, 0.5) is 0 Å². The molecule has 234 valence electrons. The van der Waals surface area contributed by atoms with Gasteiger partial charge in [-0.05, 0) is 54.7 Å². The molecule has 43 heavy (non-hydrogen) atoms. The summed E-state index contributed by atoms with van der Waals surface area (Å²) < 4.78 is 16.9. The monoisotopic (exact) mass is 596 g/mol. The van der Waals surface area contributed by atoms with E-state index in [0.29, 0.717) is 40.2 Å². The number of nitrogens with one attached hydrogen (secondary N) is 1. The molecule has 0 bridgehead atoms. The lowest BCUT2D eigenvalue weighted by Gasteiger charge is -2.45. The Labute approximate surface area is 253 Å². The van der Waals surface area contributed by atoms with Crippen LogP contribution < -0.4 is 19.5 Å². The number of fused-ring (bicyclic) bond motifs is 1. The summed E-state index contributed by atoms with van der Waals surface area (Å²) in [5.74, 6) is 1.29. The second-order valence-corrected chi connectivity index (χ2v) is 13.0. The Hall–Kier alpha value is -3.18. The largest absolute Gasteiger partial charge is 0.496 e. The third-order valence-corrected chi connectivity index (χ3v) is 9.75. The van der Waals surface area contributed by atoms with Crippen molar-refractivity contribution in [2.45, 2.75) is 78.3 Å². The highest BCUT2D eigenvalue weighted by Gasteiger charge is 2.50. The van der Waals surface area contributed by atoms with Crippen LogP contribution in [0, 0.1) is 23.2 Å². The van der Waals surface area contributed by atoms with Crippen LogP contribution in [0.2, 0.25) is 0 Å². The molecule has 1 amide bonds. The number of amides is 1. The van der Waals surface area contributed by atoms with Crippen molar-refractivity contribution < 1.29 is 38.9 Å². The first-order valence-electron chi connectivity index (χ1n) is 15.1. The number of ether oxygens (including phenoxy) is 3. The minimum absolute atomic E-state index is 0.00362. The first-order valence-corrected chi connectivity index (χ1v) is 15.1. The van der Waals surface area contributed by atoms with Crippen LogP contribution in [0.15, 0.2) is 30.3 Å². The number of aliphatic hydroxyl groups excluding tert-OH is 2. The van der Waals surface area contributed by atoms with Gasteiger partial charge in [-0.2, -0.15) is 5.06 Å². The molecule has 2 aromatic rings. The Balaban J connectivity index is 1.45. The highest BCUT2D eigenvalue weighted by molar-refractivity contribution is 5.87. The quantitative estimate of drug-likeness (QED) is 0.369. The van der Waals surface area contributed by atoms with Crippen molar-refractivity contribution in [3.05, 3.63) is 41.5 Å². The van der Waals surface area contributed by atoms with E-state index >= 15 is 0 Å². The van der Waals surface area contributed by atoms with Crippen LogP contribution >= 0.6 is 0 Å². The lowest BCUT2D eigenvalue weighted by Crippen LogP contribution is -2.55. The van der Waals surface area contributed by atoms with Gasteiger partial charge in [0.15, 0.2) is 17.8 Å². The maximum absolute atomic E-state index is 14.0. The SMILES string of the molecule is COc1c(CN2O[C@@H](CO)[C@@H]([C@H](C)O)[C@H]2C(=O)N[C@H]2C[C@@H](C)C(C)(C)C[C@@H]2C)cccc1-c1cc(C=O)c2c(c1)OCO2. The lowest BCUT2D eigenvalue weighted by molar-refractivity contribution is -0.182. The summed E-state index contributed by atoms with van der Waals surface area (Å²) in [4.78, 5) is 32.0. The number of carbonyl (C=O) groups is 2. The molecule has 1 saturated carbocycles. The second-order valence-electron chi connectivity index (χ2n) is 13.0. The molecule has 0 radical (unpaired) electrons. The van der Waals surface area contributed by atoms with Crippen LogP contribution in [0.5, 0.6) is 17.2 Å². The van der Waals surface area contributed by atoms with Crippen molar-refractivity contribution in [3.63, 3.8) is 0 Å². The summed E-state index contributed by atoms with van der Waals surface area (Å²) in [6, 6.07) is 8.32. The zero-order chi connectivity index (χ0) is 31.1. The molecule has 10 heteroatoms. The average Bonchev–Trinajstić information content (AvgIpc) is 3.59. The van der Waals surface area contributed by atoms with E-state index in [-0.39, 0.29) is 37.3 Å². The predicted octanol–water partition coefficient (Wildman–Crippen LogP) is 3.95. The van der Waals surface area contributed by atoms with Crippen LogP contribution in [0.1, 0.15) is 63.4 Å². The van der Waals surface area contributed by atoms with Gasteiger partial charge in [-0.1, -0.05) is 45.9 Å². The number of nitrogens with zero attached hydrogens (tertiary/aromatic N) is 1. The molecule has 1 saturated heterocycles. The average molecular weight is 597 g/mol. The third-order valence-electron chi connectivity index (χ3n) is 9.75. The Kier molecular flexibility index (Phi) is 9.04. The Morgan fingerprint density at radius 2 is 2.02 bits per heavy atom. The summed E-state index contributed by atoms with van der Waals surface area (Å²) in [6.45, 7) is 10.4. The molecule has 5 rings (SSSR count). The maximum atomic E-state index is 14.0. The number of methoxy groups -OCH3 is 1. The fraction of sp³-hybridized carbons (Fsp3) is 0.576. The number of carbonyl (C=O) groups excluding carboxylic acids is 2. The summed E-state index contributed by atoms with van der Waals surface area (Å²) in [7, 11) is 1.56. The van der Waals surface area contributed by atoms with Gasteiger partial charge in [-0.25, -0.2) is 0 Å². The molecule has 0 spiro atoms. The van der Waals surface area contributed by atoms with Crippen molar-refractivity contribution >= 4 is 12.2 Å². The number of hydroxylamine groups is 2. The molecule has 3 N–H and O–H groups in total. The lowest BCUT2D eigenvalue weighted by atomic mass is 9.64. The third kappa shape index (κ3) is 5.98. The van der Waals surface area contributed by atoms with Gasteiger partial charge in [0, 0.05) is 23.1 Å². The summed E-state index contributed by atoms with van der Waals surface area (Å²) in [5, 5.41) is 25.8. The first kappa shape index (κ1) is 31.3. The van der Waals surface area contributed by atoms with Gasteiger partial charge in [-0.15, -0.1) is 0 Å². The second kappa shape index (κ2) is 12.4. The zero-order valence-corrected chi connectivity index (χ0v) is 25.8. The number of aliphatic hydroxyl groups is 2. The van der Waals surface area contributed by atoms with E-state index in [1.807, 2.05) is 18.2 Å². The van der Waals surface area contributed by atoms with Gasteiger partial charge >= 0.3 is 0 Å². The first-order chi connectivity index (χ1) is 20.5. The summed E-state index contributed by atoms with van der Waals surface area (Å²) in [5.41, 5.74) is 2.73. The van der Waals surface area contributed by atoms with E-state index < -0.39 is 24.2 Å². The molecule has 0 aromatic heterocycles. The zero-order valence-electron chi connectivity index (χ0n) is 25.8. The fourth-order valence-corrected chi connectivity index (χ4v) is 7.08. The van der Waals surface area contributed by atoms with Crippen molar-refractivity contribution in [1.29, 1.82) is 0 Å². The molecule has 3 aliphatic rings. The van der Waals surface area contributed by atoms with Crippen molar-refractivity contribution in [2.75, 3.05) is 20.5 Å². The molecule has 7 atom stereocenters. The van der Waals surface area contributed by atoms with Crippen LogP contribution in [0.3, 0.4) is 0 Å². The van der Waals surface area contributed by atoms with Crippen LogP contribution in [0.25, 0.3) is 11.1 Å². The number of benzene rings is 2. The molecule has 2 aromatic carbocycles. The van der Waals surface area contributed by atoms with Gasteiger partial charge in [0.25, 0.3) is 0 Å². The van der Waals surface area contributed by atoms with E-state index in [1.165, 1.54) is 0 Å². The Morgan fingerprint density at radius 3 is 2.70 bits per heavy atom. The minimum atomic E-state index is -0.900. The van der Waals surface area contributed by atoms with E-state index in [2.05, 4.69) is 33.0 Å². The normalized spacial score (nSPS) is 28.8. The smallest absolute Gasteiger partial charge is 0.240 e. The Morgan fingerprint density at radius 1 is 1.26 bits per heavy atom. The molecule has 2 heterocycles. The minimum Gasteiger partial charge on any atom is -0.496 e. The molecular weight excluding hydrogens is 552 g/mol. The molecule has 0 unspecified atom stereocenters. The topological polar surface area (TPSA) is 127 Å². The van der Waals surface area contributed by atoms with Gasteiger partial charge in [0.2, 0.25) is 12.7 Å². The fourth-order valence-electron chi connectivity index (χ4n) is 7.08. The molecule has 2 fully saturated rings. The van der Waals surface area contributed by atoms with Crippen molar-refractivity contribution in [3.8, 4) is 28.4 Å². The van der Waals surface area contributed by atoms with E-state index in [1.54, 1.807) is 31.2 Å². The van der Waals surface area contributed by atoms with Gasteiger partial charge in [0.05, 0.1) is 31.9 Å². The van der Waals surface area contributed by atoms with Gasteiger partial charge < -0.3 is 29.7 Å². The van der Waals surface area contributed by atoms with Crippen LogP contribution in [-0.4, -0.2) is 72.3 Å². The number of aldehydes is 1. The molecule has 2 aliphatic heterocycles. The number of hydrogen-bond acceptors (Lipinski definition) is 9. The highest BCUT2D eigenvalue weighted by Crippen LogP contribution is 2.45. The standard InChI is InChI=1S/C33H44N2O8/c1-18-13-33(4,5)19(2)10-25(18)34-32(39)29-28(20(3)38)27(16-37)43-35(29)14-21-8-7-9-24(30(21)40-6)22-11-23(15-36)31-26(12-22)41-17-42-31/h7-9,11-12,15,18-20,25,27-29,37-38H,10,13-14,16-17H2,1-6H3,(H,34,39)/t18-,19+,20-,25-,27-,28+,29-/m0/s1. The number of hydrogen-bond donors (Lipinski definition) is 3. The highest BCUT2D eigenvalue weighted by atomic mass is 16.7. The van der Waals surface area contributed by atoms with Crippen molar-refractivity contribution in [2.24, 2.45) is 23.2 Å². The van der Waals surface area contributed by atoms with Crippen LogP contribution in [-0.2, 0) is 16.2 Å². The number of rotatable bonds is 9. The Bertz CT molecular complexity index is 1340. The van der Waals surface area contributed by atoms with Gasteiger partial charge in [0.1, 0.15) is 17.9 Å². The summed E-state index contributed by atoms with van der Waals surface area (Å²) >= 11 is 0. The van der Waals surface area contributed by atoms with E-state index in [0.717, 1.165) is 30.3 Å². The van der Waals surface area contributed by atoms with E-state index in [9.17, 15) is 19.8 Å². The summed E-state index contributed by atoms with van der Waals surface area (Å²) in [6.07, 6.45) is 0.941. The predicted molar refractivity (Wildman–Crippen MR) is 160 cm³/mol. The van der Waals surface area contributed by atoms with Crippen molar-refractivity contribution in [1.82, 2.24) is 10.4 Å². The van der Waals surface area contributed by atoms with E-state index in [4.69, 9.17) is 19.0 Å². The molecule has 1 aliphatic carbocycles.